The molecule has 0 radical (unpaired) electrons. The predicted octanol–water partition coefficient (Wildman–Crippen LogP) is 4.26. The molecular formula is C19H19F2NO4S. The Morgan fingerprint density at radius 2 is 1.70 bits per heavy atom. The average molecular weight is 395 g/mol. The van der Waals surface area contributed by atoms with Crippen LogP contribution in [0.4, 0.5) is 14.5 Å². The maximum Gasteiger partial charge on any atom is 0.347 e. The Balaban J connectivity index is 1.76. The van der Waals surface area contributed by atoms with Crippen LogP contribution >= 0.6 is 11.8 Å². The van der Waals surface area contributed by atoms with Gasteiger partial charge in [0.1, 0.15) is 5.75 Å². The summed E-state index contributed by atoms with van der Waals surface area (Å²) in [4.78, 5) is 24.1. The Morgan fingerprint density at radius 1 is 1.07 bits per heavy atom. The lowest BCUT2D eigenvalue weighted by Crippen LogP contribution is -2.29. The van der Waals surface area contributed by atoms with Crippen LogP contribution in [0.25, 0.3) is 0 Å². The monoisotopic (exact) mass is 395 g/mol. The fourth-order valence-corrected chi connectivity index (χ4v) is 2.54. The van der Waals surface area contributed by atoms with E-state index in [9.17, 15) is 18.4 Å². The molecule has 5 nitrogen and oxygen atoms in total. The molecule has 27 heavy (non-hydrogen) atoms. The lowest BCUT2D eigenvalue weighted by Gasteiger charge is -2.14. The number of ether oxygens (including phenoxy) is 2. The fourth-order valence-electron chi connectivity index (χ4n) is 2.04. The highest BCUT2D eigenvalue weighted by Crippen LogP contribution is 2.26. The number of nitrogens with one attached hydrogen (secondary N) is 1. The zero-order chi connectivity index (χ0) is 19.8. The Kier molecular flexibility index (Phi) is 7.60. The maximum absolute atomic E-state index is 12.3. The van der Waals surface area contributed by atoms with Gasteiger partial charge in [-0.25, -0.2) is 4.79 Å². The van der Waals surface area contributed by atoms with Gasteiger partial charge in [-0.2, -0.15) is 8.78 Å². The van der Waals surface area contributed by atoms with Crippen molar-refractivity contribution in [1.82, 2.24) is 0 Å². The number of aryl methyl sites for hydroxylation is 1. The number of hydrogen-bond acceptors (Lipinski definition) is 5. The average Bonchev–Trinajstić information content (AvgIpc) is 2.62. The lowest BCUT2D eigenvalue weighted by molar-refractivity contribution is -0.153. The van der Waals surface area contributed by atoms with Crippen LogP contribution < -0.4 is 10.1 Å². The van der Waals surface area contributed by atoms with Crippen molar-refractivity contribution in [3.05, 3.63) is 54.1 Å². The summed E-state index contributed by atoms with van der Waals surface area (Å²) in [5.41, 5.74) is 1.48. The van der Waals surface area contributed by atoms with Crippen molar-refractivity contribution in [2.75, 3.05) is 11.9 Å². The van der Waals surface area contributed by atoms with Crippen LogP contribution in [0.1, 0.15) is 12.5 Å². The van der Waals surface area contributed by atoms with E-state index >= 15 is 0 Å². The first-order valence-corrected chi connectivity index (χ1v) is 8.96. The zero-order valence-electron chi connectivity index (χ0n) is 14.8. The highest BCUT2D eigenvalue weighted by molar-refractivity contribution is 7.99. The summed E-state index contributed by atoms with van der Waals surface area (Å²) >= 11 is 0.415. The molecule has 2 rings (SSSR count). The van der Waals surface area contributed by atoms with Crippen molar-refractivity contribution in [3.63, 3.8) is 0 Å². The number of thioether (sulfide) groups is 1. The molecule has 1 amide bonds. The molecule has 0 fully saturated rings. The van der Waals surface area contributed by atoms with Crippen LogP contribution in [0.2, 0.25) is 0 Å². The molecule has 2 aromatic carbocycles. The topological polar surface area (TPSA) is 64.6 Å². The second kappa shape index (κ2) is 9.91. The molecule has 1 unspecified atom stereocenters. The molecule has 144 valence electrons. The van der Waals surface area contributed by atoms with Gasteiger partial charge in [0.05, 0.1) is 0 Å². The van der Waals surface area contributed by atoms with E-state index < -0.39 is 30.3 Å². The van der Waals surface area contributed by atoms with Crippen molar-refractivity contribution in [3.8, 4) is 5.75 Å². The molecule has 0 aliphatic heterocycles. The minimum atomic E-state index is -2.51. The molecule has 8 heteroatoms. The largest absolute Gasteiger partial charge is 0.479 e. The number of rotatable bonds is 8. The normalized spacial score (nSPS) is 11.7. The van der Waals surface area contributed by atoms with Crippen molar-refractivity contribution in [1.29, 1.82) is 0 Å². The Labute approximate surface area is 160 Å². The number of amides is 1. The summed E-state index contributed by atoms with van der Waals surface area (Å²) in [6.45, 7) is 2.98. The van der Waals surface area contributed by atoms with Crippen LogP contribution in [0.15, 0.2) is 53.4 Å². The molecule has 2 aromatic rings. The summed E-state index contributed by atoms with van der Waals surface area (Å²) < 4.78 is 34.9. The molecule has 0 spiro atoms. The molecule has 1 N–H and O–H groups in total. The third-order valence-corrected chi connectivity index (χ3v) is 4.10. The van der Waals surface area contributed by atoms with E-state index in [4.69, 9.17) is 9.47 Å². The smallest absolute Gasteiger partial charge is 0.347 e. The Morgan fingerprint density at radius 3 is 2.30 bits per heavy atom. The van der Waals surface area contributed by atoms with Crippen LogP contribution in [0.3, 0.4) is 0 Å². The Hall–Kier alpha value is -2.61. The van der Waals surface area contributed by atoms with Gasteiger partial charge in [-0.15, -0.1) is 0 Å². The summed E-state index contributed by atoms with van der Waals surface area (Å²) in [5, 5.41) is 2.52. The van der Waals surface area contributed by atoms with Crippen LogP contribution in [0.5, 0.6) is 5.75 Å². The minimum absolute atomic E-state index is 0.386. The fraction of sp³-hybridized carbons (Fsp3) is 0.263. The van der Waals surface area contributed by atoms with Gasteiger partial charge >= 0.3 is 5.97 Å². The van der Waals surface area contributed by atoms with Crippen LogP contribution in [-0.4, -0.2) is 30.3 Å². The van der Waals surface area contributed by atoms with Gasteiger partial charge in [0, 0.05) is 10.6 Å². The van der Waals surface area contributed by atoms with Gasteiger partial charge in [0.15, 0.2) is 12.7 Å². The molecule has 0 aliphatic carbocycles. The first-order chi connectivity index (χ1) is 12.8. The SMILES string of the molecule is Cc1ccc(OC(C)C(=O)OCC(=O)Nc2ccc(SC(F)F)cc2)cc1. The number of carbonyl (C=O) groups excluding carboxylic acids is 2. The summed E-state index contributed by atoms with van der Waals surface area (Å²) in [6.07, 6.45) is -0.869. The number of carbonyl (C=O) groups is 2. The van der Waals surface area contributed by atoms with E-state index in [1.165, 1.54) is 31.2 Å². The van der Waals surface area contributed by atoms with Crippen molar-refractivity contribution < 1.29 is 27.8 Å². The molecule has 0 saturated carbocycles. The van der Waals surface area contributed by atoms with Gasteiger partial charge in [-0.3, -0.25) is 4.79 Å². The van der Waals surface area contributed by atoms with E-state index in [-0.39, 0.29) is 0 Å². The number of anilines is 1. The van der Waals surface area contributed by atoms with E-state index in [0.717, 1.165) is 5.56 Å². The van der Waals surface area contributed by atoms with E-state index in [1.54, 1.807) is 12.1 Å². The zero-order valence-corrected chi connectivity index (χ0v) is 15.6. The molecule has 0 aliphatic rings. The molecule has 0 saturated heterocycles. The lowest BCUT2D eigenvalue weighted by atomic mass is 10.2. The first-order valence-electron chi connectivity index (χ1n) is 8.08. The predicted molar refractivity (Wildman–Crippen MR) is 99.2 cm³/mol. The molecular weight excluding hydrogens is 376 g/mol. The van der Waals surface area contributed by atoms with E-state index in [1.807, 2.05) is 19.1 Å². The molecule has 1 atom stereocenters. The second-order valence-corrected chi connectivity index (χ2v) is 6.70. The standard InChI is InChI=1S/C19H19F2NO4S/c1-12-3-7-15(8-4-12)26-13(2)18(24)25-11-17(23)22-14-5-9-16(10-6-14)27-19(20)21/h3-10,13,19H,11H2,1-2H3,(H,22,23). The van der Waals surface area contributed by atoms with Crippen LogP contribution in [-0.2, 0) is 14.3 Å². The molecule has 0 aromatic heterocycles. The second-order valence-electron chi connectivity index (χ2n) is 5.63. The number of esters is 1. The van der Waals surface area contributed by atoms with E-state index in [0.29, 0.717) is 28.1 Å². The quantitative estimate of drug-likeness (QED) is 0.535. The van der Waals surface area contributed by atoms with Gasteiger partial charge in [0.2, 0.25) is 0 Å². The summed E-state index contributed by atoms with van der Waals surface area (Å²) in [6, 6.07) is 13.1. The van der Waals surface area contributed by atoms with E-state index in [2.05, 4.69) is 5.32 Å². The summed E-state index contributed by atoms with van der Waals surface area (Å²) in [7, 11) is 0. The third kappa shape index (κ3) is 7.26. The number of alkyl halides is 2. The number of halogens is 2. The number of benzene rings is 2. The van der Waals surface area contributed by atoms with Gasteiger partial charge < -0.3 is 14.8 Å². The van der Waals surface area contributed by atoms with Gasteiger partial charge in [0.25, 0.3) is 11.7 Å². The van der Waals surface area contributed by atoms with Crippen molar-refractivity contribution in [2.45, 2.75) is 30.6 Å². The number of hydrogen-bond donors (Lipinski definition) is 1. The van der Waals surface area contributed by atoms with Crippen LogP contribution in [0, 0.1) is 6.92 Å². The molecule has 0 heterocycles. The van der Waals surface area contributed by atoms with Crippen molar-refractivity contribution >= 4 is 29.3 Å². The highest BCUT2D eigenvalue weighted by Gasteiger charge is 2.18. The highest BCUT2D eigenvalue weighted by atomic mass is 32.2. The first kappa shape index (κ1) is 20.7. The van der Waals surface area contributed by atoms with Crippen molar-refractivity contribution in [2.24, 2.45) is 0 Å². The summed E-state index contributed by atoms with van der Waals surface area (Å²) in [5.74, 6) is -3.19. The maximum atomic E-state index is 12.3. The van der Waals surface area contributed by atoms with Gasteiger partial charge in [-0.05, 0) is 50.2 Å². The molecule has 0 bridgehead atoms. The Bertz CT molecular complexity index is 766. The third-order valence-electron chi connectivity index (χ3n) is 3.37. The minimum Gasteiger partial charge on any atom is -0.479 e. The van der Waals surface area contributed by atoms with Gasteiger partial charge in [-0.1, -0.05) is 29.5 Å².